The van der Waals surface area contributed by atoms with Gasteiger partial charge in [-0.05, 0) is 19.9 Å². The van der Waals surface area contributed by atoms with E-state index >= 15 is 0 Å². The smallest absolute Gasteiger partial charge is 0.168 e. The number of aromatic nitrogens is 2. The topological polar surface area (TPSA) is 27.1 Å². The highest BCUT2D eigenvalue weighted by Crippen LogP contribution is 2.34. The molecule has 0 aliphatic rings. The van der Waals surface area contributed by atoms with Gasteiger partial charge in [0, 0.05) is 29.4 Å². The van der Waals surface area contributed by atoms with Crippen LogP contribution in [0.2, 0.25) is 0 Å². The van der Waals surface area contributed by atoms with Crippen molar-refractivity contribution in [2.24, 2.45) is 0 Å². The lowest BCUT2D eigenvalue weighted by Crippen LogP contribution is -1.99. The van der Waals surface area contributed by atoms with E-state index in [-0.39, 0.29) is 5.75 Å². The Balaban J connectivity index is 2.66. The van der Waals surface area contributed by atoms with Crippen molar-refractivity contribution in [1.29, 1.82) is 0 Å². The Morgan fingerprint density at radius 1 is 1.28 bits per heavy atom. The summed E-state index contributed by atoms with van der Waals surface area (Å²) >= 11 is 0. The Hall–Kier alpha value is -1.91. The number of ether oxygens (including phenoxy) is 1. The highest BCUT2D eigenvalue weighted by atomic mass is 19.1. The van der Waals surface area contributed by atoms with Crippen LogP contribution in [0.1, 0.15) is 12.6 Å². The second-order valence-electron chi connectivity index (χ2n) is 3.93. The Kier molecular flexibility index (Phi) is 3.32. The molecular weight excluding hydrogens is 238 g/mol. The molecular formula is C13H14F2N2O. The van der Waals surface area contributed by atoms with Crippen LogP contribution < -0.4 is 4.74 Å². The predicted octanol–water partition coefficient (Wildman–Crippen LogP) is 3.17. The lowest BCUT2D eigenvalue weighted by molar-refractivity contribution is 0.386. The zero-order valence-corrected chi connectivity index (χ0v) is 10.5. The molecule has 0 N–H and O–H groups in total. The molecule has 0 radical (unpaired) electrons. The highest BCUT2D eigenvalue weighted by Gasteiger charge is 2.17. The van der Waals surface area contributed by atoms with E-state index in [0.29, 0.717) is 17.7 Å². The fraction of sp³-hybridized carbons (Fsp3) is 0.308. The number of nitrogens with zero attached hydrogens (tertiary/aromatic N) is 2. The Labute approximate surface area is 104 Å². The van der Waals surface area contributed by atoms with Crippen molar-refractivity contribution in [3.63, 3.8) is 0 Å². The summed E-state index contributed by atoms with van der Waals surface area (Å²) in [5.74, 6) is -1.31. The van der Waals surface area contributed by atoms with E-state index in [0.717, 1.165) is 11.8 Å². The Morgan fingerprint density at radius 3 is 2.56 bits per heavy atom. The Bertz CT molecular complexity index is 579. The molecule has 0 saturated heterocycles. The molecule has 1 heterocycles. The second-order valence-corrected chi connectivity index (χ2v) is 3.93. The first-order valence-corrected chi connectivity index (χ1v) is 5.64. The summed E-state index contributed by atoms with van der Waals surface area (Å²) in [5, 5.41) is 4.16. The van der Waals surface area contributed by atoms with E-state index in [1.54, 1.807) is 10.9 Å². The van der Waals surface area contributed by atoms with Gasteiger partial charge in [0.15, 0.2) is 11.6 Å². The molecule has 1 aromatic heterocycles. The van der Waals surface area contributed by atoms with Crippen molar-refractivity contribution in [1.82, 2.24) is 9.78 Å². The van der Waals surface area contributed by atoms with Crippen LogP contribution in [0.25, 0.3) is 11.1 Å². The summed E-state index contributed by atoms with van der Waals surface area (Å²) in [5.41, 5.74) is 1.90. The van der Waals surface area contributed by atoms with Crippen molar-refractivity contribution >= 4 is 0 Å². The quantitative estimate of drug-likeness (QED) is 0.839. The molecule has 0 amide bonds. The van der Waals surface area contributed by atoms with Gasteiger partial charge >= 0.3 is 0 Å². The van der Waals surface area contributed by atoms with Crippen LogP contribution in [-0.2, 0) is 6.54 Å². The molecule has 0 bridgehead atoms. The van der Waals surface area contributed by atoms with Gasteiger partial charge in [0.25, 0.3) is 0 Å². The van der Waals surface area contributed by atoms with Crippen molar-refractivity contribution < 1.29 is 13.5 Å². The average Bonchev–Trinajstić information content (AvgIpc) is 2.69. The lowest BCUT2D eigenvalue weighted by atomic mass is 10.1. The molecule has 0 atom stereocenters. The monoisotopic (exact) mass is 252 g/mol. The van der Waals surface area contributed by atoms with Gasteiger partial charge in [0.1, 0.15) is 5.82 Å². The van der Waals surface area contributed by atoms with Gasteiger partial charge in [-0.25, -0.2) is 8.78 Å². The molecule has 5 heteroatoms. The number of aryl methyl sites for hydroxylation is 1. The molecule has 0 aliphatic carbocycles. The first-order chi connectivity index (χ1) is 8.58. The molecule has 18 heavy (non-hydrogen) atoms. The summed E-state index contributed by atoms with van der Waals surface area (Å²) in [4.78, 5) is 0. The molecule has 0 spiro atoms. The van der Waals surface area contributed by atoms with Gasteiger partial charge in [-0.1, -0.05) is 0 Å². The van der Waals surface area contributed by atoms with E-state index in [9.17, 15) is 8.78 Å². The predicted molar refractivity (Wildman–Crippen MR) is 64.5 cm³/mol. The van der Waals surface area contributed by atoms with Crippen LogP contribution in [-0.4, -0.2) is 16.9 Å². The maximum absolute atomic E-state index is 13.6. The van der Waals surface area contributed by atoms with Crippen LogP contribution >= 0.6 is 0 Å². The number of hydrogen-bond donors (Lipinski definition) is 0. The SMILES string of the molecule is CCn1ncc(-c2cc(F)cc(F)c2OC)c1C. The van der Waals surface area contributed by atoms with E-state index in [1.165, 1.54) is 13.2 Å². The minimum atomic E-state index is -0.712. The van der Waals surface area contributed by atoms with Gasteiger partial charge in [-0.3, -0.25) is 4.68 Å². The normalized spacial score (nSPS) is 10.7. The summed E-state index contributed by atoms with van der Waals surface area (Å²) in [6, 6.07) is 2.06. The standard InChI is InChI=1S/C13H14F2N2O/c1-4-17-8(2)11(7-16-17)10-5-9(14)6-12(15)13(10)18-3/h5-7H,4H2,1-3H3. The van der Waals surface area contributed by atoms with E-state index < -0.39 is 11.6 Å². The zero-order valence-electron chi connectivity index (χ0n) is 10.5. The third-order valence-corrected chi connectivity index (χ3v) is 2.91. The van der Waals surface area contributed by atoms with Crippen LogP contribution in [0.4, 0.5) is 8.78 Å². The molecule has 96 valence electrons. The molecule has 1 aromatic carbocycles. The fourth-order valence-electron chi connectivity index (χ4n) is 2.00. The maximum Gasteiger partial charge on any atom is 0.168 e. The van der Waals surface area contributed by atoms with Crippen LogP contribution in [0.5, 0.6) is 5.75 Å². The molecule has 0 fully saturated rings. The number of hydrogen-bond acceptors (Lipinski definition) is 2. The second kappa shape index (κ2) is 4.76. The molecule has 0 unspecified atom stereocenters. The average molecular weight is 252 g/mol. The molecule has 2 aromatic rings. The molecule has 0 saturated carbocycles. The number of rotatable bonds is 3. The zero-order chi connectivity index (χ0) is 13.3. The first-order valence-electron chi connectivity index (χ1n) is 5.64. The van der Waals surface area contributed by atoms with Gasteiger partial charge in [-0.2, -0.15) is 5.10 Å². The van der Waals surface area contributed by atoms with E-state index in [2.05, 4.69) is 5.10 Å². The van der Waals surface area contributed by atoms with Gasteiger partial charge in [0.2, 0.25) is 0 Å². The summed E-state index contributed by atoms with van der Waals surface area (Å²) in [7, 11) is 1.36. The lowest BCUT2D eigenvalue weighted by Gasteiger charge is -2.09. The highest BCUT2D eigenvalue weighted by molar-refractivity contribution is 5.72. The van der Waals surface area contributed by atoms with Crippen molar-refractivity contribution in [2.45, 2.75) is 20.4 Å². The van der Waals surface area contributed by atoms with Gasteiger partial charge in [0.05, 0.1) is 13.3 Å². The van der Waals surface area contributed by atoms with Crippen LogP contribution in [0, 0.1) is 18.6 Å². The minimum Gasteiger partial charge on any atom is -0.493 e. The Morgan fingerprint density at radius 2 is 2.00 bits per heavy atom. The van der Waals surface area contributed by atoms with Crippen molar-refractivity contribution in [3.05, 3.63) is 35.7 Å². The van der Waals surface area contributed by atoms with Crippen LogP contribution in [0.15, 0.2) is 18.3 Å². The summed E-state index contributed by atoms with van der Waals surface area (Å²) in [6.07, 6.45) is 1.59. The largest absolute Gasteiger partial charge is 0.493 e. The summed E-state index contributed by atoms with van der Waals surface area (Å²) in [6.45, 7) is 4.51. The van der Waals surface area contributed by atoms with E-state index in [4.69, 9.17) is 4.74 Å². The number of benzene rings is 1. The third kappa shape index (κ3) is 1.96. The molecule has 2 rings (SSSR count). The van der Waals surface area contributed by atoms with Crippen molar-refractivity contribution in [3.8, 4) is 16.9 Å². The van der Waals surface area contributed by atoms with E-state index in [1.807, 2.05) is 13.8 Å². The fourth-order valence-corrected chi connectivity index (χ4v) is 2.00. The molecule has 0 aliphatic heterocycles. The third-order valence-electron chi connectivity index (χ3n) is 2.91. The number of methoxy groups -OCH3 is 1. The summed E-state index contributed by atoms with van der Waals surface area (Å²) < 4.78 is 33.7. The van der Waals surface area contributed by atoms with Crippen molar-refractivity contribution in [2.75, 3.05) is 7.11 Å². The number of halogens is 2. The maximum atomic E-state index is 13.6. The molecule has 3 nitrogen and oxygen atoms in total. The van der Waals surface area contributed by atoms with Crippen LogP contribution in [0.3, 0.4) is 0 Å². The van der Waals surface area contributed by atoms with Gasteiger partial charge < -0.3 is 4.74 Å². The minimum absolute atomic E-state index is 0.0372. The van der Waals surface area contributed by atoms with Gasteiger partial charge in [-0.15, -0.1) is 0 Å². The first kappa shape index (κ1) is 12.5.